The van der Waals surface area contributed by atoms with Gasteiger partial charge in [-0.25, -0.2) is 0 Å². The van der Waals surface area contributed by atoms with Gasteiger partial charge in [0.1, 0.15) is 6.10 Å². The van der Waals surface area contributed by atoms with Crippen LogP contribution in [0, 0.1) is 0 Å². The Morgan fingerprint density at radius 3 is 2.88 bits per heavy atom. The van der Waals surface area contributed by atoms with Crippen LogP contribution in [0.2, 0.25) is 0 Å². The van der Waals surface area contributed by atoms with Gasteiger partial charge in [0.05, 0.1) is 4.88 Å². The van der Waals surface area contributed by atoms with Crippen LogP contribution in [0.5, 0.6) is 0 Å². The first-order valence-electron chi connectivity index (χ1n) is 9.16. The average Bonchev–Trinajstić information content (AvgIpc) is 3.33. The van der Waals surface area contributed by atoms with Crippen LogP contribution < -0.4 is 0 Å². The van der Waals surface area contributed by atoms with E-state index in [2.05, 4.69) is 15.0 Å². The molecule has 0 bridgehead atoms. The summed E-state index contributed by atoms with van der Waals surface area (Å²) in [5.74, 6) is 1.46. The summed E-state index contributed by atoms with van der Waals surface area (Å²) in [7, 11) is 0. The fourth-order valence-corrected chi connectivity index (χ4v) is 3.74. The van der Waals surface area contributed by atoms with Gasteiger partial charge in [0, 0.05) is 39.2 Å². The van der Waals surface area contributed by atoms with E-state index < -0.39 is 0 Å². The van der Waals surface area contributed by atoms with Gasteiger partial charge in [0.2, 0.25) is 11.7 Å². The van der Waals surface area contributed by atoms with Crippen LogP contribution in [0.15, 0.2) is 22.0 Å². The number of ether oxygens (including phenoxy) is 1. The van der Waals surface area contributed by atoms with E-state index in [4.69, 9.17) is 9.26 Å². The summed E-state index contributed by atoms with van der Waals surface area (Å²) in [4.78, 5) is 22.0. The zero-order valence-corrected chi connectivity index (χ0v) is 16.2. The molecule has 3 rings (SSSR count). The molecule has 3 heterocycles. The predicted octanol–water partition coefficient (Wildman–Crippen LogP) is 2.30. The molecule has 2 aromatic rings. The maximum Gasteiger partial charge on any atom is 0.251 e. The quantitative estimate of drug-likeness (QED) is 0.702. The van der Waals surface area contributed by atoms with Crippen molar-refractivity contribution in [2.24, 2.45) is 0 Å². The Bertz CT molecular complexity index is 680. The highest BCUT2D eigenvalue weighted by atomic mass is 32.1. The second-order valence-electron chi connectivity index (χ2n) is 6.36. The number of thiophene rings is 1. The molecule has 0 aromatic carbocycles. The van der Waals surface area contributed by atoms with Crippen LogP contribution in [-0.4, -0.2) is 71.3 Å². The van der Waals surface area contributed by atoms with Crippen molar-refractivity contribution in [3.63, 3.8) is 0 Å². The minimum Gasteiger partial charge on any atom is -0.369 e. The Morgan fingerprint density at radius 2 is 2.19 bits per heavy atom. The van der Waals surface area contributed by atoms with Crippen LogP contribution in [0.25, 0.3) is 10.7 Å². The van der Waals surface area contributed by atoms with Crippen LogP contribution in [-0.2, 0) is 16.0 Å². The van der Waals surface area contributed by atoms with Crippen LogP contribution in [0.3, 0.4) is 0 Å². The van der Waals surface area contributed by atoms with Gasteiger partial charge in [-0.3, -0.25) is 9.69 Å². The lowest BCUT2D eigenvalue weighted by atomic mass is 10.2. The molecule has 0 N–H and O–H groups in total. The number of hydrogen-bond acceptors (Lipinski definition) is 7. The first kappa shape index (κ1) is 19.0. The molecule has 8 heteroatoms. The number of rotatable bonds is 8. The minimum atomic E-state index is -0.346. The van der Waals surface area contributed by atoms with Crippen molar-refractivity contribution in [1.82, 2.24) is 19.9 Å². The molecule has 1 unspecified atom stereocenters. The molecule has 1 atom stereocenters. The molecular formula is C18H26N4O3S. The molecule has 0 spiro atoms. The number of carbonyl (C=O) groups excluding carboxylic acids is 1. The molecule has 0 saturated carbocycles. The van der Waals surface area contributed by atoms with E-state index in [1.165, 1.54) is 0 Å². The Morgan fingerprint density at radius 1 is 1.38 bits per heavy atom. The molecule has 2 aromatic heterocycles. The molecule has 0 radical (unpaired) electrons. The van der Waals surface area contributed by atoms with E-state index >= 15 is 0 Å². The van der Waals surface area contributed by atoms with Gasteiger partial charge in [0.25, 0.3) is 5.91 Å². The summed E-state index contributed by atoms with van der Waals surface area (Å²) in [6.07, 6.45) is 1.40. The number of aromatic nitrogens is 2. The lowest BCUT2D eigenvalue weighted by Gasteiger charge is -2.35. The van der Waals surface area contributed by atoms with E-state index in [9.17, 15) is 4.79 Å². The lowest BCUT2D eigenvalue weighted by molar-refractivity contribution is -0.144. The van der Waals surface area contributed by atoms with Gasteiger partial charge in [-0.1, -0.05) is 11.2 Å². The first-order valence-corrected chi connectivity index (χ1v) is 10.0. The SMILES string of the molecule is CCOC(C)C(=O)N1CCN(CCCc2nc(-c3cccs3)no2)CC1. The zero-order valence-electron chi connectivity index (χ0n) is 15.4. The van der Waals surface area contributed by atoms with Crippen molar-refractivity contribution in [1.29, 1.82) is 0 Å². The molecule has 1 aliphatic heterocycles. The number of nitrogens with zero attached hydrogens (tertiary/aromatic N) is 4. The third kappa shape index (κ3) is 4.90. The second kappa shape index (κ2) is 9.25. The second-order valence-corrected chi connectivity index (χ2v) is 7.30. The Balaban J connectivity index is 1.37. The Kier molecular flexibility index (Phi) is 6.76. The monoisotopic (exact) mass is 378 g/mol. The summed E-state index contributed by atoms with van der Waals surface area (Å²) < 4.78 is 10.7. The number of hydrogen-bond donors (Lipinski definition) is 0. The fraction of sp³-hybridized carbons (Fsp3) is 0.611. The molecule has 1 saturated heterocycles. The normalized spacial score (nSPS) is 16.8. The topological polar surface area (TPSA) is 71.7 Å². The zero-order chi connectivity index (χ0) is 18.4. The van der Waals surface area contributed by atoms with E-state index in [-0.39, 0.29) is 12.0 Å². The predicted molar refractivity (Wildman–Crippen MR) is 100 cm³/mol. The first-order chi connectivity index (χ1) is 12.7. The molecule has 1 aliphatic rings. The van der Waals surface area contributed by atoms with Crippen LogP contribution in [0.1, 0.15) is 26.2 Å². The number of amides is 1. The summed E-state index contributed by atoms with van der Waals surface area (Å²) in [5, 5.41) is 6.04. The Hall–Kier alpha value is -1.77. The largest absolute Gasteiger partial charge is 0.369 e. The highest BCUT2D eigenvalue weighted by Crippen LogP contribution is 2.21. The van der Waals surface area contributed by atoms with Crippen molar-refractivity contribution in [3.05, 3.63) is 23.4 Å². The van der Waals surface area contributed by atoms with E-state index in [1.54, 1.807) is 11.3 Å². The van der Waals surface area contributed by atoms with Gasteiger partial charge in [-0.05, 0) is 38.3 Å². The van der Waals surface area contributed by atoms with E-state index in [0.29, 0.717) is 18.3 Å². The molecule has 1 amide bonds. The molecule has 142 valence electrons. The van der Waals surface area contributed by atoms with Gasteiger partial charge in [-0.2, -0.15) is 4.98 Å². The summed E-state index contributed by atoms with van der Waals surface area (Å²) >= 11 is 1.61. The van der Waals surface area contributed by atoms with Gasteiger partial charge in [0.15, 0.2) is 0 Å². The summed E-state index contributed by atoms with van der Waals surface area (Å²) in [6.45, 7) is 8.60. The minimum absolute atomic E-state index is 0.0958. The van der Waals surface area contributed by atoms with Crippen molar-refractivity contribution >= 4 is 17.2 Å². The maximum absolute atomic E-state index is 12.2. The summed E-state index contributed by atoms with van der Waals surface area (Å²) in [5.41, 5.74) is 0. The molecular weight excluding hydrogens is 352 g/mol. The molecule has 0 aliphatic carbocycles. The van der Waals surface area contributed by atoms with Crippen LogP contribution >= 0.6 is 11.3 Å². The highest BCUT2D eigenvalue weighted by molar-refractivity contribution is 7.13. The van der Waals surface area contributed by atoms with Crippen molar-refractivity contribution in [2.75, 3.05) is 39.3 Å². The van der Waals surface area contributed by atoms with Crippen molar-refractivity contribution in [3.8, 4) is 10.7 Å². The van der Waals surface area contributed by atoms with E-state index in [1.807, 2.05) is 36.3 Å². The Labute approximate surface area is 157 Å². The lowest BCUT2D eigenvalue weighted by Crippen LogP contribution is -2.51. The average molecular weight is 378 g/mol. The van der Waals surface area contributed by atoms with E-state index in [0.717, 1.165) is 50.4 Å². The molecule has 26 heavy (non-hydrogen) atoms. The third-order valence-electron chi connectivity index (χ3n) is 4.52. The van der Waals surface area contributed by atoms with Gasteiger partial charge >= 0.3 is 0 Å². The number of piperazine rings is 1. The summed E-state index contributed by atoms with van der Waals surface area (Å²) in [6, 6.07) is 3.97. The number of aryl methyl sites for hydroxylation is 1. The highest BCUT2D eigenvalue weighted by Gasteiger charge is 2.24. The van der Waals surface area contributed by atoms with Crippen LogP contribution in [0.4, 0.5) is 0 Å². The standard InChI is InChI=1S/C18H26N4O3S/c1-3-24-14(2)18(23)22-11-9-21(10-12-22)8-4-7-16-19-17(20-25-16)15-6-5-13-26-15/h5-6,13-14H,3-4,7-12H2,1-2H3. The number of carbonyl (C=O) groups is 1. The molecule has 7 nitrogen and oxygen atoms in total. The fourth-order valence-electron chi connectivity index (χ4n) is 3.09. The van der Waals surface area contributed by atoms with Crippen molar-refractivity contribution < 1.29 is 14.1 Å². The molecule has 1 fully saturated rings. The van der Waals surface area contributed by atoms with Gasteiger partial charge in [-0.15, -0.1) is 11.3 Å². The maximum atomic E-state index is 12.2. The smallest absolute Gasteiger partial charge is 0.251 e. The van der Waals surface area contributed by atoms with Crippen molar-refractivity contribution in [2.45, 2.75) is 32.8 Å². The van der Waals surface area contributed by atoms with Gasteiger partial charge < -0.3 is 14.2 Å². The third-order valence-corrected chi connectivity index (χ3v) is 5.39.